The van der Waals surface area contributed by atoms with Crippen molar-refractivity contribution in [3.05, 3.63) is 66.2 Å². The number of aromatic nitrogens is 5. The van der Waals surface area contributed by atoms with Gasteiger partial charge < -0.3 is 25.6 Å². The van der Waals surface area contributed by atoms with Crippen LogP contribution in [0.15, 0.2) is 55.1 Å². The van der Waals surface area contributed by atoms with Gasteiger partial charge in [0.15, 0.2) is 35.1 Å². The Labute approximate surface area is 213 Å². The van der Waals surface area contributed by atoms with E-state index in [1.165, 1.54) is 30.2 Å². The Morgan fingerprint density at radius 1 is 1.16 bits per heavy atom. The molecule has 11 nitrogen and oxygen atoms in total. The second-order valence-corrected chi connectivity index (χ2v) is 8.56. The molecule has 1 aliphatic heterocycles. The highest BCUT2D eigenvalue weighted by Gasteiger charge is 2.47. The summed E-state index contributed by atoms with van der Waals surface area (Å²) in [4.78, 5) is 29.6. The number of nitrogens with zero attached hydrogens (tertiary/aromatic N) is 5. The lowest BCUT2D eigenvalue weighted by molar-refractivity contribution is -0.138. The van der Waals surface area contributed by atoms with Gasteiger partial charge in [-0.2, -0.15) is 13.2 Å². The molecule has 0 bridgehead atoms. The van der Waals surface area contributed by atoms with E-state index >= 15 is 0 Å². The Hall–Kier alpha value is -4.14. The highest BCUT2D eigenvalue weighted by molar-refractivity contribution is 5.85. The smallest absolute Gasteiger partial charge is 0.387 e. The zero-order valence-corrected chi connectivity index (χ0v) is 19.8. The number of nitrogens with one attached hydrogen (secondary N) is 2. The normalized spacial score (nSPS) is 21.5. The van der Waals surface area contributed by atoms with Gasteiger partial charge in [0, 0.05) is 31.5 Å². The quantitative estimate of drug-likeness (QED) is 0.294. The molecule has 1 amide bonds. The summed E-state index contributed by atoms with van der Waals surface area (Å²) in [7, 11) is 1.38. The number of likely N-dealkylation sites (N-methyl/N-ethyl adjacent to an activating group) is 1. The van der Waals surface area contributed by atoms with Crippen molar-refractivity contribution in [2.24, 2.45) is 0 Å². The number of hydrogen-bond acceptors (Lipinski definition) is 9. The number of pyridine rings is 1. The molecule has 38 heavy (non-hydrogen) atoms. The Bertz CT molecular complexity index is 1460. The van der Waals surface area contributed by atoms with Crippen LogP contribution in [0.1, 0.15) is 17.4 Å². The average Bonchev–Trinajstić information content (AvgIpc) is 3.47. The van der Waals surface area contributed by atoms with Crippen LogP contribution < -0.4 is 10.6 Å². The number of carbonyl (C=O) groups is 1. The van der Waals surface area contributed by atoms with Gasteiger partial charge in [-0.1, -0.05) is 12.1 Å². The van der Waals surface area contributed by atoms with Crippen LogP contribution in [-0.4, -0.2) is 66.0 Å². The zero-order chi connectivity index (χ0) is 27.0. The van der Waals surface area contributed by atoms with Gasteiger partial charge in [-0.25, -0.2) is 15.0 Å². The van der Waals surface area contributed by atoms with E-state index in [0.29, 0.717) is 11.1 Å². The van der Waals surface area contributed by atoms with E-state index in [1.807, 2.05) is 0 Å². The minimum atomic E-state index is -4.48. The summed E-state index contributed by atoms with van der Waals surface area (Å²) in [5.74, 6) is -0.187. The van der Waals surface area contributed by atoms with Crippen LogP contribution in [0, 0.1) is 0 Å². The molecule has 4 heterocycles. The maximum Gasteiger partial charge on any atom is 0.416 e. The molecule has 1 aromatic carbocycles. The second kappa shape index (κ2) is 9.96. The van der Waals surface area contributed by atoms with Crippen LogP contribution in [0.5, 0.6) is 0 Å². The maximum absolute atomic E-state index is 13.2. The minimum Gasteiger partial charge on any atom is -0.387 e. The third-order valence-electron chi connectivity index (χ3n) is 6.07. The zero-order valence-electron chi connectivity index (χ0n) is 19.8. The Morgan fingerprint density at radius 2 is 1.97 bits per heavy atom. The molecule has 4 unspecified atom stereocenters. The fourth-order valence-corrected chi connectivity index (χ4v) is 4.14. The van der Waals surface area contributed by atoms with Crippen molar-refractivity contribution in [1.82, 2.24) is 29.8 Å². The SMILES string of the molecule is CNC(=O)C1OC(n2cnc3c(NCc4cccc(C(F)(F)F)c4)nc(-c4cccnc4)nc32)C(O)C1O. The van der Waals surface area contributed by atoms with Crippen LogP contribution in [-0.2, 0) is 22.3 Å². The fourth-order valence-electron chi connectivity index (χ4n) is 4.14. The van der Waals surface area contributed by atoms with Crippen LogP contribution in [0.2, 0.25) is 0 Å². The number of ether oxygens (including phenoxy) is 1. The molecular formula is C24H22F3N7O4. The lowest BCUT2D eigenvalue weighted by Gasteiger charge is -2.17. The number of aliphatic hydroxyl groups excluding tert-OH is 2. The first-order valence-corrected chi connectivity index (χ1v) is 11.5. The van der Waals surface area contributed by atoms with Gasteiger partial charge in [-0.05, 0) is 29.8 Å². The first-order chi connectivity index (χ1) is 18.2. The largest absolute Gasteiger partial charge is 0.416 e. The van der Waals surface area contributed by atoms with Gasteiger partial charge in [0.25, 0.3) is 5.91 Å². The first kappa shape index (κ1) is 25.5. The summed E-state index contributed by atoms with van der Waals surface area (Å²) in [6, 6.07) is 8.29. The highest BCUT2D eigenvalue weighted by Crippen LogP contribution is 2.34. The molecule has 14 heteroatoms. The predicted octanol–water partition coefficient (Wildman–Crippen LogP) is 1.88. The number of fused-ring (bicyclic) bond motifs is 1. The maximum atomic E-state index is 13.2. The lowest BCUT2D eigenvalue weighted by Crippen LogP contribution is -2.41. The molecule has 1 saturated heterocycles. The van der Waals surface area contributed by atoms with Gasteiger partial charge >= 0.3 is 6.18 Å². The van der Waals surface area contributed by atoms with Crippen molar-refractivity contribution in [3.8, 4) is 11.4 Å². The molecule has 0 spiro atoms. The van der Waals surface area contributed by atoms with Crippen LogP contribution >= 0.6 is 0 Å². The van der Waals surface area contributed by atoms with Crippen molar-refractivity contribution >= 4 is 22.9 Å². The average molecular weight is 529 g/mol. The fraction of sp³-hybridized carbons (Fsp3) is 0.292. The molecule has 0 radical (unpaired) electrons. The summed E-state index contributed by atoms with van der Waals surface area (Å²) >= 11 is 0. The number of benzene rings is 1. The van der Waals surface area contributed by atoms with E-state index in [4.69, 9.17) is 4.74 Å². The number of halogens is 3. The van der Waals surface area contributed by atoms with Gasteiger partial charge in [0.05, 0.1) is 11.9 Å². The summed E-state index contributed by atoms with van der Waals surface area (Å²) < 4.78 is 46.5. The van der Waals surface area contributed by atoms with Gasteiger partial charge in [-0.15, -0.1) is 0 Å². The van der Waals surface area contributed by atoms with Crippen molar-refractivity contribution in [3.63, 3.8) is 0 Å². The number of carbonyl (C=O) groups excluding carboxylic acids is 1. The number of aliphatic hydroxyl groups is 2. The summed E-state index contributed by atoms with van der Waals surface area (Å²) in [5.41, 5.74) is 0.555. The summed E-state index contributed by atoms with van der Waals surface area (Å²) in [5, 5.41) is 26.4. The monoisotopic (exact) mass is 529 g/mol. The van der Waals surface area contributed by atoms with E-state index in [0.717, 1.165) is 12.1 Å². The summed E-state index contributed by atoms with van der Waals surface area (Å²) in [6.07, 6.45) is -5.57. The third kappa shape index (κ3) is 4.76. The second-order valence-electron chi connectivity index (χ2n) is 8.56. The molecule has 0 saturated carbocycles. The molecule has 4 aromatic rings. The Morgan fingerprint density at radius 3 is 2.68 bits per heavy atom. The number of imidazole rings is 1. The molecule has 0 aliphatic carbocycles. The number of hydrogen-bond donors (Lipinski definition) is 4. The molecule has 5 rings (SSSR count). The standard InChI is InChI=1S/C24H22F3N7O4/c1-28-22(37)18-16(35)17(36)23(38-18)34-11-31-15-20(30-9-12-4-2-6-14(8-12)24(25,26)27)32-19(33-21(15)34)13-5-3-7-29-10-13/h2-8,10-11,16-18,23,35-36H,9H2,1H3,(H,28,37)(H,30,32,33). The van der Waals surface area contributed by atoms with Crippen LogP contribution in [0.4, 0.5) is 19.0 Å². The summed E-state index contributed by atoms with van der Waals surface area (Å²) in [6.45, 7) is -0.00458. The van der Waals surface area contributed by atoms with Crippen molar-refractivity contribution < 1.29 is 32.9 Å². The third-order valence-corrected chi connectivity index (χ3v) is 6.07. The van der Waals surface area contributed by atoms with E-state index in [-0.39, 0.29) is 29.4 Å². The molecular weight excluding hydrogens is 507 g/mol. The first-order valence-electron chi connectivity index (χ1n) is 11.5. The molecule has 3 aromatic heterocycles. The van der Waals surface area contributed by atoms with E-state index < -0.39 is 42.2 Å². The van der Waals surface area contributed by atoms with Crippen molar-refractivity contribution in [2.75, 3.05) is 12.4 Å². The number of alkyl halides is 3. The number of anilines is 1. The molecule has 4 N–H and O–H groups in total. The number of amides is 1. The molecule has 4 atom stereocenters. The molecule has 1 fully saturated rings. The van der Waals surface area contributed by atoms with Crippen molar-refractivity contribution in [1.29, 1.82) is 0 Å². The lowest BCUT2D eigenvalue weighted by atomic mass is 10.1. The number of rotatable bonds is 6. The van der Waals surface area contributed by atoms with Gasteiger partial charge in [0.2, 0.25) is 0 Å². The topological polar surface area (TPSA) is 147 Å². The van der Waals surface area contributed by atoms with E-state index in [1.54, 1.807) is 24.4 Å². The Balaban J connectivity index is 1.54. The van der Waals surface area contributed by atoms with E-state index in [9.17, 15) is 28.2 Å². The van der Waals surface area contributed by atoms with Crippen LogP contribution in [0.3, 0.4) is 0 Å². The predicted molar refractivity (Wildman–Crippen MR) is 127 cm³/mol. The highest BCUT2D eigenvalue weighted by atomic mass is 19.4. The van der Waals surface area contributed by atoms with Gasteiger partial charge in [-0.3, -0.25) is 14.3 Å². The van der Waals surface area contributed by atoms with Crippen molar-refractivity contribution in [2.45, 2.75) is 37.3 Å². The minimum absolute atomic E-state index is 0.00458. The molecule has 198 valence electrons. The molecule has 1 aliphatic rings. The van der Waals surface area contributed by atoms with E-state index in [2.05, 4.69) is 30.6 Å². The Kier molecular flexibility index (Phi) is 6.69. The van der Waals surface area contributed by atoms with Gasteiger partial charge in [0.1, 0.15) is 12.2 Å². The van der Waals surface area contributed by atoms with Crippen LogP contribution in [0.25, 0.3) is 22.6 Å².